The first-order valence-corrected chi connectivity index (χ1v) is 10.1. The van der Waals surface area contributed by atoms with E-state index in [1.54, 1.807) is 10.8 Å². The van der Waals surface area contributed by atoms with Gasteiger partial charge in [-0.15, -0.1) is 0 Å². The Balaban J connectivity index is 2.09. The second-order valence-corrected chi connectivity index (χ2v) is 7.04. The molecule has 3 aromatic heterocycles. The SMILES string of the molecule is CCCCn1ccc2nc3nc(OCC)c(C#N)c(-c4ccccc4)c3cc2c1=O. The van der Waals surface area contributed by atoms with Gasteiger partial charge in [0.2, 0.25) is 5.88 Å². The van der Waals surface area contributed by atoms with Crippen molar-refractivity contribution in [1.82, 2.24) is 14.5 Å². The van der Waals surface area contributed by atoms with E-state index in [9.17, 15) is 10.1 Å². The van der Waals surface area contributed by atoms with Crippen LogP contribution in [0, 0.1) is 11.3 Å². The molecule has 150 valence electrons. The van der Waals surface area contributed by atoms with Gasteiger partial charge in [0.15, 0.2) is 5.65 Å². The molecule has 0 aliphatic rings. The maximum Gasteiger partial charge on any atom is 0.260 e. The summed E-state index contributed by atoms with van der Waals surface area (Å²) in [5.41, 5.74) is 2.84. The van der Waals surface area contributed by atoms with Crippen LogP contribution in [0.3, 0.4) is 0 Å². The summed E-state index contributed by atoms with van der Waals surface area (Å²) in [5, 5.41) is 11.1. The first-order valence-electron chi connectivity index (χ1n) is 10.1. The molecular weight excluding hydrogens is 376 g/mol. The van der Waals surface area contributed by atoms with Gasteiger partial charge in [-0.1, -0.05) is 43.7 Å². The van der Waals surface area contributed by atoms with Gasteiger partial charge >= 0.3 is 0 Å². The van der Waals surface area contributed by atoms with Crippen LogP contribution in [-0.2, 0) is 6.54 Å². The van der Waals surface area contributed by atoms with E-state index in [4.69, 9.17) is 4.74 Å². The fourth-order valence-electron chi connectivity index (χ4n) is 3.62. The summed E-state index contributed by atoms with van der Waals surface area (Å²) < 4.78 is 7.37. The summed E-state index contributed by atoms with van der Waals surface area (Å²) >= 11 is 0. The fraction of sp³-hybridized carbons (Fsp3) is 0.250. The van der Waals surface area contributed by atoms with Crippen molar-refractivity contribution >= 4 is 21.9 Å². The Kier molecular flexibility index (Phi) is 5.44. The molecule has 0 aliphatic carbocycles. The van der Waals surface area contributed by atoms with Crippen LogP contribution < -0.4 is 10.3 Å². The number of hydrogen-bond donors (Lipinski definition) is 0. The van der Waals surface area contributed by atoms with E-state index in [0.29, 0.717) is 46.2 Å². The van der Waals surface area contributed by atoms with E-state index in [2.05, 4.69) is 23.0 Å². The Hall–Kier alpha value is -3.72. The minimum atomic E-state index is -0.0817. The quantitative estimate of drug-likeness (QED) is 0.441. The van der Waals surface area contributed by atoms with Gasteiger partial charge in [-0.25, -0.2) is 4.98 Å². The Labute approximate surface area is 174 Å². The molecule has 0 bridgehead atoms. The van der Waals surface area contributed by atoms with Gasteiger partial charge in [-0.3, -0.25) is 4.79 Å². The predicted molar refractivity (Wildman–Crippen MR) is 118 cm³/mol. The highest BCUT2D eigenvalue weighted by molar-refractivity contribution is 6.02. The van der Waals surface area contributed by atoms with E-state index in [0.717, 1.165) is 18.4 Å². The molecule has 0 saturated heterocycles. The predicted octanol–water partition coefficient (Wildman–Crippen LogP) is 4.68. The Bertz CT molecular complexity index is 1320. The molecule has 0 radical (unpaired) electrons. The lowest BCUT2D eigenvalue weighted by molar-refractivity contribution is 0.327. The highest BCUT2D eigenvalue weighted by Gasteiger charge is 2.20. The second-order valence-electron chi connectivity index (χ2n) is 7.04. The van der Waals surface area contributed by atoms with Crippen LogP contribution in [0.5, 0.6) is 5.88 Å². The zero-order valence-corrected chi connectivity index (χ0v) is 17.1. The topological polar surface area (TPSA) is 80.8 Å². The summed E-state index contributed by atoms with van der Waals surface area (Å²) in [6, 6.07) is 15.5. The lowest BCUT2D eigenvalue weighted by Gasteiger charge is -2.14. The van der Waals surface area contributed by atoms with Crippen LogP contribution in [-0.4, -0.2) is 21.1 Å². The first kappa shape index (κ1) is 19.6. The second kappa shape index (κ2) is 8.34. The summed E-state index contributed by atoms with van der Waals surface area (Å²) in [5.74, 6) is 0.259. The minimum absolute atomic E-state index is 0.0817. The number of benzene rings is 1. The molecule has 4 aromatic rings. The largest absolute Gasteiger partial charge is 0.477 e. The zero-order valence-electron chi connectivity index (χ0n) is 17.1. The van der Waals surface area contributed by atoms with Gasteiger partial charge in [0.25, 0.3) is 5.56 Å². The summed E-state index contributed by atoms with van der Waals surface area (Å²) in [6.07, 6.45) is 3.72. The van der Waals surface area contributed by atoms with Crippen LogP contribution in [0.1, 0.15) is 32.3 Å². The molecule has 6 nitrogen and oxygen atoms in total. The van der Waals surface area contributed by atoms with E-state index in [1.165, 1.54) is 0 Å². The summed E-state index contributed by atoms with van der Waals surface area (Å²) in [4.78, 5) is 22.2. The Morgan fingerprint density at radius 3 is 2.60 bits per heavy atom. The highest BCUT2D eigenvalue weighted by Crippen LogP contribution is 2.36. The highest BCUT2D eigenvalue weighted by atomic mass is 16.5. The van der Waals surface area contributed by atoms with Crippen molar-refractivity contribution in [3.8, 4) is 23.1 Å². The number of rotatable bonds is 6. The molecule has 3 heterocycles. The van der Waals surface area contributed by atoms with E-state index >= 15 is 0 Å². The van der Waals surface area contributed by atoms with Crippen molar-refractivity contribution in [1.29, 1.82) is 5.26 Å². The average molecular weight is 398 g/mol. The van der Waals surface area contributed by atoms with Gasteiger partial charge < -0.3 is 9.30 Å². The molecule has 0 unspecified atom stereocenters. The molecule has 0 N–H and O–H groups in total. The molecule has 30 heavy (non-hydrogen) atoms. The molecule has 0 fully saturated rings. The first-order chi connectivity index (χ1) is 14.7. The number of hydrogen-bond acceptors (Lipinski definition) is 5. The monoisotopic (exact) mass is 398 g/mol. The third kappa shape index (κ3) is 3.39. The molecule has 0 aliphatic heterocycles. The molecule has 0 atom stereocenters. The normalized spacial score (nSPS) is 11.0. The van der Waals surface area contributed by atoms with E-state index in [-0.39, 0.29) is 11.4 Å². The number of aromatic nitrogens is 3. The van der Waals surface area contributed by atoms with Crippen LogP contribution in [0.2, 0.25) is 0 Å². The molecule has 0 spiro atoms. The lowest BCUT2D eigenvalue weighted by atomic mass is 9.97. The maximum atomic E-state index is 13.1. The van der Waals surface area contributed by atoms with Gasteiger partial charge in [-0.05, 0) is 31.0 Å². The third-order valence-corrected chi connectivity index (χ3v) is 5.08. The van der Waals surface area contributed by atoms with Crippen molar-refractivity contribution in [3.05, 3.63) is 64.6 Å². The maximum absolute atomic E-state index is 13.1. The smallest absolute Gasteiger partial charge is 0.260 e. The van der Waals surface area contributed by atoms with Gasteiger partial charge in [0.05, 0.1) is 17.5 Å². The van der Waals surface area contributed by atoms with Gasteiger partial charge in [0.1, 0.15) is 11.6 Å². The van der Waals surface area contributed by atoms with Crippen molar-refractivity contribution in [3.63, 3.8) is 0 Å². The van der Waals surface area contributed by atoms with Crippen molar-refractivity contribution in [2.75, 3.05) is 6.61 Å². The zero-order chi connectivity index (χ0) is 21.1. The number of nitrogens with zero attached hydrogens (tertiary/aromatic N) is 4. The molecular formula is C24H22N4O2. The standard InChI is InChI=1S/C24H22N4O2/c1-3-5-12-28-13-11-20-17(24(28)29)14-18-21(16-9-7-6-8-10-16)19(15-25)23(30-4-2)27-22(18)26-20/h6-11,13-14H,3-5,12H2,1-2H3. The minimum Gasteiger partial charge on any atom is -0.477 e. The number of fused-ring (bicyclic) bond motifs is 2. The molecule has 6 heteroatoms. The van der Waals surface area contributed by atoms with Gasteiger partial charge in [0, 0.05) is 23.7 Å². The Morgan fingerprint density at radius 1 is 1.10 bits per heavy atom. The third-order valence-electron chi connectivity index (χ3n) is 5.08. The molecule has 4 rings (SSSR count). The number of ether oxygens (including phenoxy) is 1. The van der Waals surface area contributed by atoms with Gasteiger partial charge in [-0.2, -0.15) is 10.2 Å². The van der Waals surface area contributed by atoms with E-state index < -0.39 is 0 Å². The molecule has 0 saturated carbocycles. The van der Waals surface area contributed by atoms with Crippen LogP contribution in [0.25, 0.3) is 33.1 Å². The molecule has 1 aromatic carbocycles. The number of aryl methyl sites for hydroxylation is 1. The lowest BCUT2D eigenvalue weighted by Crippen LogP contribution is -2.19. The van der Waals surface area contributed by atoms with Crippen LogP contribution >= 0.6 is 0 Å². The average Bonchev–Trinajstić information content (AvgIpc) is 2.77. The fourth-order valence-corrected chi connectivity index (χ4v) is 3.62. The Morgan fingerprint density at radius 2 is 1.90 bits per heavy atom. The van der Waals surface area contributed by atoms with E-state index in [1.807, 2.05) is 49.4 Å². The summed E-state index contributed by atoms with van der Waals surface area (Å²) in [7, 11) is 0. The number of pyridine rings is 3. The number of unbranched alkanes of at least 4 members (excludes halogenated alkanes) is 1. The van der Waals surface area contributed by atoms with Crippen molar-refractivity contribution in [2.24, 2.45) is 0 Å². The number of nitriles is 1. The van der Waals surface area contributed by atoms with Crippen molar-refractivity contribution < 1.29 is 4.74 Å². The van der Waals surface area contributed by atoms with Crippen LogP contribution in [0.4, 0.5) is 0 Å². The van der Waals surface area contributed by atoms with Crippen LogP contribution in [0.15, 0.2) is 53.5 Å². The van der Waals surface area contributed by atoms with Crippen molar-refractivity contribution in [2.45, 2.75) is 33.2 Å². The summed E-state index contributed by atoms with van der Waals surface area (Å²) in [6.45, 7) is 5.00. The molecule has 0 amide bonds.